The first-order chi connectivity index (χ1) is 17.4. The Kier molecular flexibility index (Phi) is 7.75. The summed E-state index contributed by atoms with van der Waals surface area (Å²) in [6.07, 6.45) is 1.31. The number of pyridine rings is 1. The Morgan fingerprint density at radius 2 is 1.81 bits per heavy atom. The van der Waals surface area contributed by atoms with Crippen molar-refractivity contribution in [3.05, 3.63) is 41.6 Å². The van der Waals surface area contributed by atoms with E-state index in [0.29, 0.717) is 48.2 Å². The van der Waals surface area contributed by atoms with E-state index in [1.165, 1.54) is 26.4 Å². The Balaban J connectivity index is 1.60. The highest BCUT2D eigenvalue weighted by Gasteiger charge is 2.31. The molecule has 1 saturated heterocycles. The quantitative estimate of drug-likeness (QED) is 0.392. The van der Waals surface area contributed by atoms with Gasteiger partial charge in [-0.05, 0) is 45.0 Å². The number of aromatic nitrogens is 1. The number of fused-ring (bicyclic) bond motifs is 1. The first-order valence-corrected chi connectivity index (χ1v) is 14.1. The lowest BCUT2D eigenvalue weighted by atomic mass is 10.2. The van der Waals surface area contributed by atoms with Crippen molar-refractivity contribution in [2.75, 3.05) is 49.8 Å². The molecule has 0 N–H and O–H groups in total. The van der Waals surface area contributed by atoms with E-state index in [0.717, 1.165) is 20.5 Å². The lowest BCUT2D eigenvalue weighted by Crippen LogP contribution is -2.50. The highest BCUT2D eigenvalue weighted by atomic mass is 35.5. The number of carbonyl (C=O) groups is 1. The van der Waals surface area contributed by atoms with E-state index in [2.05, 4.69) is 4.98 Å². The van der Waals surface area contributed by atoms with Crippen LogP contribution in [0.2, 0.25) is 5.02 Å². The number of benzene rings is 1. The molecule has 0 bridgehead atoms. The van der Waals surface area contributed by atoms with Gasteiger partial charge in [0.25, 0.3) is 10.0 Å². The molecule has 1 aromatic carbocycles. The van der Waals surface area contributed by atoms with Gasteiger partial charge in [-0.3, -0.25) is 4.84 Å². The van der Waals surface area contributed by atoms with E-state index in [-0.39, 0.29) is 16.0 Å². The number of piperazine rings is 1. The van der Waals surface area contributed by atoms with E-state index < -0.39 is 15.6 Å². The lowest BCUT2D eigenvalue weighted by Gasteiger charge is -2.36. The smallest absolute Gasteiger partial charge is 0.410 e. The molecule has 0 spiro atoms. The predicted octanol–water partition coefficient (Wildman–Crippen LogP) is 4.77. The fraction of sp³-hybridized carbons (Fsp3) is 0.417. The number of amides is 1. The molecule has 3 heterocycles. The van der Waals surface area contributed by atoms with Gasteiger partial charge in [0, 0.05) is 48.5 Å². The lowest BCUT2D eigenvalue weighted by molar-refractivity contribution is 0.0240. The SMILES string of the molecule is COc1cc(N(OC)S(=O)(=O)c2cc3c(N4CCN(C(=O)OC(C)(C)C)CC4)nccc3s2)ccc1Cl. The number of thiophene rings is 1. The maximum Gasteiger partial charge on any atom is 0.410 e. The van der Waals surface area contributed by atoms with Crippen LogP contribution in [0.5, 0.6) is 5.75 Å². The molecule has 37 heavy (non-hydrogen) atoms. The fourth-order valence-electron chi connectivity index (χ4n) is 3.92. The van der Waals surface area contributed by atoms with Gasteiger partial charge in [-0.25, -0.2) is 9.78 Å². The summed E-state index contributed by atoms with van der Waals surface area (Å²) in [5, 5.41) is 1.06. The topological polar surface area (TPSA) is 102 Å². The van der Waals surface area contributed by atoms with Crippen LogP contribution in [-0.2, 0) is 19.6 Å². The third-order valence-electron chi connectivity index (χ3n) is 5.62. The average Bonchev–Trinajstić information content (AvgIpc) is 3.30. The molecule has 2 aromatic heterocycles. The molecular weight excluding hydrogens is 540 g/mol. The molecule has 10 nitrogen and oxygen atoms in total. The number of anilines is 2. The van der Waals surface area contributed by atoms with Crippen molar-refractivity contribution in [2.45, 2.75) is 30.6 Å². The minimum atomic E-state index is -4.07. The van der Waals surface area contributed by atoms with Crippen LogP contribution in [-0.4, -0.2) is 70.4 Å². The Labute approximate surface area is 225 Å². The second-order valence-corrected chi connectivity index (χ2v) is 12.8. The maximum absolute atomic E-state index is 13.6. The molecule has 0 unspecified atom stereocenters. The van der Waals surface area contributed by atoms with Crippen molar-refractivity contribution in [1.29, 1.82) is 0 Å². The van der Waals surface area contributed by atoms with Crippen molar-refractivity contribution in [1.82, 2.24) is 9.88 Å². The molecule has 1 aliphatic rings. The van der Waals surface area contributed by atoms with Crippen LogP contribution < -0.4 is 14.1 Å². The molecular formula is C24H29ClN4O6S2. The number of methoxy groups -OCH3 is 1. The van der Waals surface area contributed by atoms with Crippen LogP contribution in [0.3, 0.4) is 0 Å². The second-order valence-electron chi connectivity index (χ2n) is 9.30. The van der Waals surface area contributed by atoms with E-state index >= 15 is 0 Å². The summed E-state index contributed by atoms with van der Waals surface area (Å²) in [6.45, 7) is 7.53. The predicted molar refractivity (Wildman–Crippen MR) is 144 cm³/mol. The third-order valence-corrected chi connectivity index (χ3v) is 9.13. The summed E-state index contributed by atoms with van der Waals surface area (Å²) in [5.74, 6) is 0.987. The number of carbonyl (C=O) groups excluding carboxylic acids is 1. The molecule has 13 heteroatoms. The Bertz CT molecular complexity index is 1400. The number of hydrogen-bond acceptors (Lipinski definition) is 9. The normalized spacial score (nSPS) is 14.6. The first-order valence-electron chi connectivity index (χ1n) is 11.5. The molecule has 1 amide bonds. The second kappa shape index (κ2) is 10.5. The number of hydrogen-bond donors (Lipinski definition) is 0. The average molecular weight is 569 g/mol. The van der Waals surface area contributed by atoms with E-state index in [4.69, 9.17) is 25.9 Å². The molecule has 0 radical (unpaired) electrons. The van der Waals surface area contributed by atoms with Crippen molar-refractivity contribution >= 4 is 60.6 Å². The standard InChI is InChI=1S/C24H29ClN4O6S2/c1-24(2,3)35-23(30)28-12-10-27(11-13-28)22-17-15-21(36-20(17)8-9-26-22)37(31,32)29(34-5)16-6-7-18(25)19(14-16)33-4/h6-9,14-15H,10-13H2,1-5H3. The molecule has 200 valence electrons. The van der Waals surface area contributed by atoms with Gasteiger partial charge >= 0.3 is 6.09 Å². The van der Waals surface area contributed by atoms with Gasteiger partial charge in [0.2, 0.25) is 0 Å². The summed E-state index contributed by atoms with van der Waals surface area (Å²) < 4.78 is 39.6. The zero-order valence-corrected chi connectivity index (χ0v) is 23.6. The van der Waals surface area contributed by atoms with Gasteiger partial charge in [0.15, 0.2) is 0 Å². The number of halogens is 1. The number of nitrogens with zero attached hydrogens (tertiary/aromatic N) is 4. The minimum Gasteiger partial charge on any atom is -0.495 e. The van der Waals surface area contributed by atoms with Crippen molar-refractivity contribution < 1.29 is 27.5 Å². The Hall–Kier alpha value is -2.80. The highest BCUT2D eigenvalue weighted by Crippen LogP contribution is 2.38. The zero-order valence-electron chi connectivity index (χ0n) is 21.2. The van der Waals surface area contributed by atoms with Crippen molar-refractivity contribution in [2.24, 2.45) is 0 Å². The Morgan fingerprint density at radius 3 is 2.43 bits per heavy atom. The van der Waals surface area contributed by atoms with Crippen molar-refractivity contribution in [3.8, 4) is 5.75 Å². The molecule has 1 aliphatic heterocycles. The van der Waals surface area contributed by atoms with Crippen LogP contribution in [0.4, 0.5) is 16.3 Å². The van der Waals surface area contributed by atoms with E-state index in [1.807, 2.05) is 25.7 Å². The van der Waals surface area contributed by atoms with E-state index in [1.54, 1.807) is 29.3 Å². The summed E-state index contributed by atoms with van der Waals surface area (Å²) >= 11 is 7.23. The molecule has 3 aromatic rings. The highest BCUT2D eigenvalue weighted by molar-refractivity contribution is 7.94. The maximum atomic E-state index is 13.6. The van der Waals surface area contributed by atoms with Crippen LogP contribution in [0.1, 0.15) is 20.8 Å². The summed E-state index contributed by atoms with van der Waals surface area (Å²) in [7, 11) is -1.34. The van der Waals surface area contributed by atoms with Gasteiger partial charge in [0.05, 0.1) is 24.9 Å². The van der Waals surface area contributed by atoms with Crippen LogP contribution >= 0.6 is 22.9 Å². The van der Waals surface area contributed by atoms with Crippen LogP contribution in [0.15, 0.2) is 40.7 Å². The monoisotopic (exact) mass is 568 g/mol. The van der Waals surface area contributed by atoms with Crippen molar-refractivity contribution in [3.63, 3.8) is 0 Å². The summed E-state index contributed by atoms with van der Waals surface area (Å²) in [6, 6.07) is 7.96. The number of ether oxygens (including phenoxy) is 2. The zero-order chi connectivity index (χ0) is 27.0. The fourth-order valence-corrected chi connectivity index (χ4v) is 6.81. The summed E-state index contributed by atoms with van der Waals surface area (Å²) in [5.41, 5.74) is -0.314. The van der Waals surface area contributed by atoms with Gasteiger partial charge in [-0.1, -0.05) is 11.6 Å². The van der Waals surface area contributed by atoms with Gasteiger partial charge in [0.1, 0.15) is 21.4 Å². The molecule has 1 fully saturated rings. The molecule has 0 saturated carbocycles. The minimum absolute atomic E-state index is 0.0971. The molecule has 0 atom stereocenters. The summed E-state index contributed by atoms with van der Waals surface area (Å²) in [4.78, 5) is 26.0. The number of sulfonamides is 1. The van der Waals surface area contributed by atoms with Gasteiger partial charge in [-0.15, -0.1) is 15.8 Å². The molecule has 4 rings (SSSR count). The largest absolute Gasteiger partial charge is 0.495 e. The number of rotatable bonds is 6. The van der Waals surface area contributed by atoms with Crippen LogP contribution in [0, 0.1) is 0 Å². The van der Waals surface area contributed by atoms with Gasteiger partial charge < -0.3 is 19.3 Å². The van der Waals surface area contributed by atoms with Crippen LogP contribution in [0.25, 0.3) is 10.1 Å². The third kappa shape index (κ3) is 5.71. The molecule has 0 aliphatic carbocycles. The Morgan fingerprint density at radius 1 is 1.11 bits per heavy atom. The van der Waals surface area contributed by atoms with Gasteiger partial charge in [-0.2, -0.15) is 8.42 Å². The first kappa shape index (κ1) is 27.2. The van der Waals surface area contributed by atoms with E-state index in [9.17, 15) is 13.2 Å².